The van der Waals surface area contributed by atoms with E-state index in [-0.39, 0.29) is 20.6 Å². The molecule has 106 valence electrons. The van der Waals surface area contributed by atoms with Crippen LogP contribution < -0.4 is 0 Å². The van der Waals surface area contributed by atoms with Crippen molar-refractivity contribution in [3.05, 3.63) is 56.8 Å². The molecule has 2 rings (SSSR count). The largest absolute Gasteiger partial charge is 0.419 e. The minimum Gasteiger partial charge on any atom is -0.206 e. The molecule has 0 aromatic heterocycles. The summed E-state index contributed by atoms with van der Waals surface area (Å²) in [6, 6.07) is 5.38. The summed E-state index contributed by atoms with van der Waals surface area (Å²) in [4.78, 5) is 0. The third kappa shape index (κ3) is 3.03. The summed E-state index contributed by atoms with van der Waals surface area (Å²) in [5.41, 5.74) is -0.897. The lowest BCUT2D eigenvalue weighted by atomic mass is 10.0. The molecule has 0 nitrogen and oxygen atoms in total. The first-order valence-corrected chi connectivity index (χ1v) is 6.35. The Labute approximate surface area is 126 Å². The number of alkyl halides is 3. The summed E-state index contributed by atoms with van der Waals surface area (Å²) in [5.74, 6) is -1.34. The van der Waals surface area contributed by atoms with Crippen LogP contribution in [0.3, 0.4) is 0 Å². The van der Waals surface area contributed by atoms with Crippen LogP contribution in [0.4, 0.5) is 17.6 Å². The molecule has 0 spiro atoms. The third-order valence-corrected chi connectivity index (χ3v) is 3.79. The second kappa shape index (κ2) is 5.43. The lowest BCUT2D eigenvalue weighted by Crippen LogP contribution is -2.08. The summed E-state index contributed by atoms with van der Waals surface area (Å²) in [6.45, 7) is 0. The Kier molecular flexibility index (Phi) is 4.19. The van der Waals surface area contributed by atoms with Crippen LogP contribution in [-0.4, -0.2) is 0 Å². The predicted octanol–water partition coefficient (Wildman–Crippen LogP) is 6.47. The first-order valence-electron chi connectivity index (χ1n) is 5.22. The van der Waals surface area contributed by atoms with E-state index >= 15 is 0 Å². The molecule has 0 fully saturated rings. The molecule has 0 saturated carbocycles. The molecule has 0 heterocycles. The second-order valence-corrected chi connectivity index (χ2v) is 5.14. The molecule has 2 aromatic carbocycles. The maximum atomic E-state index is 13.2. The van der Waals surface area contributed by atoms with Gasteiger partial charge in [-0.3, -0.25) is 0 Å². The van der Waals surface area contributed by atoms with Gasteiger partial charge in [-0.05, 0) is 35.4 Å². The molecule has 0 N–H and O–H groups in total. The van der Waals surface area contributed by atoms with Crippen molar-refractivity contribution in [2.75, 3.05) is 0 Å². The van der Waals surface area contributed by atoms with Gasteiger partial charge >= 0.3 is 6.18 Å². The second-order valence-electron chi connectivity index (χ2n) is 3.95. The molecule has 2 aromatic rings. The van der Waals surface area contributed by atoms with Crippen LogP contribution >= 0.6 is 34.8 Å². The van der Waals surface area contributed by atoms with Crippen LogP contribution in [0.25, 0.3) is 11.1 Å². The zero-order valence-corrected chi connectivity index (χ0v) is 11.8. The van der Waals surface area contributed by atoms with Crippen LogP contribution in [0.5, 0.6) is 0 Å². The van der Waals surface area contributed by atoms with Crippen molar-refractivity contribution in [3.8, 4) is 11.1 Å². The summed E-state index contributed by atoms with van der Waals surface area (Å²) in [7, 11) is 0. The SMILES string of the molecule is Fc1ccc(-c2cc(Cl)c(Cl)c(Cl)c2)cc1C(F)(F)F. The molecule has 0 atom stereocenters. The highest BCUT2D eigenvalue weighted by atomic mass is 35.5. The van der Waals surface area contributed by atoms with Gasteiger partial charge in [0, 0.05) is 0 Å². The lowest BCUT2D eigenvalue weighted by molar-refractivity contribution is -0.139. The van der Waals surface area contributed by atoms with Gasteiger partial charge in [-0.2, -0.15) is 13.2 Å². The van der Waals surface area contributed by atoms with E-state index < -0.39 is 17.6 Å². The van der Waals surface area contributed by atoms with Crippen LogP contribution in [0.1, 0.15) is 5.56 Å². The van der Waals surface area contributed by atoms with E-state index in [1.165, 1.54) is 18.2 Å². The Balaban J connectivity index is 2.60. The van der Waals surface area contributed by atoms with E-state index in [1.54, 1.807) is 0 Å². The first kappa shape index (κ1) is 15.4. The van der Waals surface area contributed by atoms with Crippen LogP contribution in [-0.2, 0) is 6.18 Å². The Hall–Kier alpha value is -0.970. The zero-order chi connectivity index (χ0) is 15.1. The van der Waals surface area contributed by atoms with Crippen molar-refractivity contribution < 1.29 is 17.6 Å². The third-order valence-electron chi connectivity index (χ3n) is 2.59. The summed E-state index contributed by atoms with van der Waals surface area (Å²) in [5, 5.41) is 0.314. The Bertz CT molecular complexity index is 642. The first-order chi connectivity index (χ1) is 9.20. The van der Waals surface area contributed by atoms with Gasteiger partial charge in [0.1, 0.15) is 5.82 Å². The van der Waals surface area contributed by atoms with Crippen molar-refractivity contribution in [1.29, 1.82) is 0 Å². The molecule has 20 heavy (non-hydrogen) atoms. The van der Waals surface area contributed by atoms with Crippen molar-refractivity contribution in [2.45, 2.75) is 6.18 Å². The maximum Gasteiger partial charge on any atom is 0.419 e. The van der Waals surface area contributed by atoms with E-state index in [0.717, 1.165) is 6.07 Å². The molecule has 0 aliphatic carbocycles. The van der Waals surface area contributed by atoms with E-state index in [9.17, 15) is 17.6 Å². The fraction of sp³-hybridized carbons (Fsp3) is 0.0769. The quantitative estimate of drug-likeness (QED) is 0.411. The monoisotopic (exact) mass is 342 g/mol. The highest BCUT2D eigenvalue weighted by molar-refractivity contribution is 6.48. The van der Waals surface area contributed by atoms with Gasteiger partial charge < -0.3 is 0 Å². The van der Waals surface area contributed by atoms with Gasteiger partial charge in [0.15, 0.2) is 0 Å². The van der Waals surface area contributed by atoms with Gasteiger partial charge in [-0.15, -0.1) is 0 Å². The molecule has 0 aliphatic rings. The Morgan fingerprint density at radius 2 is 1.35 bits per heavy atom. The summed E-state index contributed by atoms with van der Waals surface area (Å²) < 4.78 is 51.2. The Morgan fingerprint density at radius 1 is 0.800 bits per heavy atom. The number of hydrogen-bond acceptors (Lipinski definition) is 0. The number of benzene rings is 2. The molecular weight excluding hydrogens is 338 g/mol. The zero-order valence-electron chi connectivity index (χ0n) is 9.53. The van der Waals surface area contributed by atoms with Crippen LogP contribution in [0.15, 0.2) is 30.3 Å². The van der Waals surface area contributed by atoms with E-state index in [4.69, 9.17) is 34.8 Å². The topological polar surface area (TPSA) is 0 Å². The van der Waals surface area contributed by atoms with Gasteiger partial charge in [-0.25, -0.2) is 4.39 Å². The average molecular weight is 344 g/mol. The molecule has 0 amide bonds. The van der Waals surface area contributed by atoms with E-state index in [1.807, 2.05) is 0 Å². The van der Waals surface area contributed by atoms with Gasteiger partial charge in [0.25, 0.3) is 0 Å². The van der Waals surface area contributed by atoms with Crippen molar-refractivity contribution in [2.24, 2.45) is 0 Å². The lowest BCUT2D eigenvalue weighted by Gasteiger charge is -2.11. The molecular formula is C13H5Cl3F4. The van der Waals surface area contributed by atoms with Gasteiger partial charge in [0.05, 0.1) is 20.6 Å². The minimum atomic E-state index is -4.78. The van der Waals surface area contributed by atoms with E-state index in [2.05, 4.69) is 0 Å². The molecule has 0 saturated heterocycles. The predicted molar refractivity (Wildman–Crippen MR) is 71.9 cm³/mol. The summed E-state index contributed by atoms with van der Waals surface area (Å²) >= 11 is 17.4. The van der Waals surface area contributed by atoms with Gasteiger partial charge in [-0.1, -0.05) is 40.9 Å². The van der Waals surface area contributed by atoms with Crippen molar-refractivity contribution in [1.82, 2.24) is 0 Å². The maximum absolute atomic E-state index is 13.2. The molecule has 0 aliphatic heterocycles. The van der Waals surface area contributed by atoms with Crippen molar-refractivity contribution >= 4 is 34.8 Å². The number of hydrogen-bond donors (Lipinski definition) is 0. The average Bonchev–Trinajstić information content (AvgIpc) is 2.34. The molecule has 0 radical (unpaired) electrons. The van der Waals surface area contributed by atoms with Crippen LogP contribution in [0.2, 0.25) is 15.1 Å². The van der Waals surface area contributed by atoms with Gasteiger partial charge in [0.2, 0.25) is 0 Å². The highest BCUT2D eigenvalue weighted by Gasteiger charge is 2.34. The fourth-order valence-corrected chi connectivity index (χ4v) is 2.24. The smallest absolute Gasteiger partial charge is 0.206 e. The Morgan fingerprint density at radius 3 is 1.85 bits per heavy atom. The van der Waals surface area contributed by atoms with Crippen LogP contribution in [0, 0.1) is 5.82 Å². The standard InChI is InChI=1S/C13H5Cl3F4/c14-9-4-7(5-10(15)12(9)16)6-1-2-11(17)8(3-6)13(18,19)20/h1-5H. The molecule has 0 bridgehead atoms. The minimum absolute atomic E-state index is 0.104. The molecule has 0 unspecified atom stereocenters. The fourth-order valence-electron chi connectivity index (χ4n) is 1.64. The van der Waals surface area contributed by atoms with E-state index in [0.29, 0.717) is 11.6 Å². The number of rotatable bonds is 1. The number of halogens is 7. The normalized spacial score (nSPS) is 11.8. The summed E-state index contributed by atoms with van der Waals surface area (Å²) in [6.07, 6.45) is -4.78. The highest BCUT2D eigenvalue weighted by Crippen LogP contribution is 2.38. The van der Waals surface area contributed by atoms with Crippen molar-refractivity contribution in [3.63, 3.8) is 0 Å². The molecule has 7 heteroatoms.